The number of hydrogen-bond donors (Lipinski definition) is 2. The molecule has 0 aromatic carbocycles. The molecule has 0 saturated carbocycles. The molecule has 1 heterocycles. The maximum absolute atomic E-state index is 11.7. The fourth-order valence-electron chi connectivity index (χ4n) is 0.637. The lowest BCUT2D eigenvalue weighted by molar-refractivity contribution is 0.148. The molecule has 0 fully saturated rings. The summed E-state index contributed by atoms with van der Waals surface area (Å²) in [6, 6.07) is 0. The van der Waals surface area contributed by atoms with Crippen molar-refractivity contribution >= 4 is 5.69 Å². The lowest BCUT2D eigenvalue weighted by Gasteiger charge is -1.94. The van der Waals surface area contributed by atoms with Gasteiger partial charge >= 0.3 is 0 Å². The van der Waals surface area contributed by atoms with Crippen LogP contribution in [0, 0.1) is 0 Å². The van der Waals surface area contributed by atoms with Gasteiger partial charge < -0.3 is 5.73 Å². The van der Waals surface area contributed by atoms with Gasteiger partial charge in [0.1, 0.15) is 0 Å². The van der Waals surface area contributed by atoms with Crippen LogP contribution in [0.3, 0.4) is 0 Å². The first-order chi connectivity index (χ1) is 4.70. The Bertz CT molecular complexity index is 208. The number of nitrogens with zero attached hydrogens (tertiary/aromatic N) is 1. The van der Waals surface area contributed by atoms with E-state index in [0.717, 1.165) is 0 Å². The van der Waals surface area contributed by atoms with E-state index in [0.29, 0.717) is 5.69 Å². The predicted molar refractivity (Wildman–Crippen MR) is 32.7 cm³/mol. The second-order valence-corrected chi connectivity index (χ2v) is 1.88. The maximum Gasteiger partial charge on any atom is 0.244 e. The highest BCUT2D eigenvalue weighted by Crippen LogP contribution is 2.10. The van der Waals surface area contributed by atoms with E-state index in [-0.39, 0.29) is 12.1 Å². The van der Waals surface area contributed by atoms with E-state index >= 15 is 0 Å². The van der Waals surface area contributed by atoms with Gasteiger partial charge in [0.25, 0.3) is 0 Å². The molecule has 10 heavy (non-hydrogen) atoms. The largest absolute Gasteiger partial charge is 0.396 e. The molecule has 1 aromatic heterocycles. The molecule has 0 bridgehead atoms. The number of rotatable bonds is 2. The van der Waals surface area contributed by atoms with Crippen LogP contribution in [0.1, 0.15) is 5.69 Å². The summed E-state index contributed by atoms with van der Waals surface area (Å²) in [4.78, 5) is 0. The molecule has 0 amide bonds. The molecule has 56 valence electrons. The van der Waals surface area contributed by atoms with Crippen LogP contribution in [0.2, 0.25) is 0 Å². The molecule has 1 rings (SSSR count). The fourth-order valence-corrected chi connectivity index (χ4v) is 0.637. The molecule has 3 N–H and O–H groups in total. The van der Waals surface area contributed by atoms with Gasteiger partial charge in [0.05, 0.1) is 17.8 Å². The fraction of sp³-hybridized carbons (Fsp3) is 0.400. The smallest absolute Gasteiger partial charge is 0.244 e. The minimum atomic E-state index is -2.38. The van der Waals surface area contributed by atoms with Crippen LogP contribution in [-0.4, -0.2) is 16.6 Å². The topological polar surface area (TPSA) is 54.7 Å². The van der Waals surface area contributed by atoms with Gasteiger partial charge in [0.2, 0.25) is 6.43 Å². The number of nitrogens with two attached hydrogens (primary N) is 1. The second-order valence-electron chi connectivity index (χ2n) is 1.88. The molecule has 5 heteroatoms. The van der Waals surface area contributed by atoms with Crippen LogP contribution in [0.5, 0.6) is 0 Å². The number of hydrogen-bond acceptors (Lipinski definition) is 2. The van der Waals surface area contributed by atoms with Crippen LogP contribution in [0.15, 0.2) is 6.20 Å². The summed E-state index contributed by atoms with van der Waals surface area (Å²) >= 11 is 0. The monoisotopic (exact) mass is 147 g/mol. The summed E-state index contributed by atoms with van der Waals surface area (Å²) in [7, 11) is 0. The molecule has 0 aliphatic carbocycles. The third-order valence-corrected chi connectivity index (χ3v) is 1.10. The van der Waals surface area contributed by atoms with Crippen LogP contribution in [-0.2, 0) is 6.42 Å². The van der Waals surface area contributed by atoms with Crippen molar-refractivity contribution in [3.05, 3.63) is 11.9 Å². The number of nitrogen functional groups attached to an aromatic ring is 1. The summed E-state index contributed by atoms with van der Waals surface area (Å²) < 4.78 is 23.3. The van der Waals surface area contributed by atoms with Crippen molar-refractivity contribution in [3.63, 3.8) is 0 Å². The third-order valence-electron chi connectivity index (χ3n) is 1.10. The van der Waals surface area contributed by atoms with Crippen LogP contribution in [0.4, 0.5) is 14.5 Å². The average molecular weight is 147 g/mol. The van der Waals surface area contributed by atoms with E-state index in [1.165, 1.54) is 6.20 Å². The lowest BCUT2D eigenvalue weighted by atomic mass is 10.3. The molecule has 0 spiro atoms. The van der Waals surface area contributed by atoms with Crippen molar-refractivity contribution in [1.82, 2.24) is 10.2 Å². The van der Waals surface area contributed by atoms with E-state index in [9.17, 15) is 8.78 Å². The summed E-state index contributed by atoms with van der Waals surface area (Å²) in [5.74, 6) is 0. The average Bonchev–Trinajstić information content (AvgIpc) is 2.15. The first kappa shape index (κ1) is 6.98. The van der Waals surface area contributed by atoms with Gasteiger partial charge in [-0.15, -0.1) is 0 Å². The quantitative estimate of drug-likeness (QED) is 0.650. The highest BCUT2D eigenvalue weighted by molar-refractivity contribution is 5.39. The summed E-state index contributed by atoms with van der Waals surface area (Å²) in [5.41, 5.74) is 5.79. The Morgan fingerprint density at radius 2 is 2.40 bits per heavy atom. The van der Waals surface area contributed by atoms with Gasteiger partial charge in [0, 0.05) is 6.20 Å². The number of halogens is 2. The number of alkyl halides is 2. The predicted octanol–water partition coefficient (Wildman–Crippen LogP) is 0.800. The Labute approximate surface area is 56.2 Å². The van der Waals surface area contributed by atoms with Gasteiger partial charge in [-0.25, -0.2) is 8.78 Å². The minimum absolute atomic E-state index is 0.231. The van der Waals surface area contributed by atoms with E-state index in [2.05, 4.69) is 10.2 Å². The number of anilines is 1. The summed E-state index contributed by atoms with van der Waals surface area (Å²) in [6.07, 6.45) is -1.38. The molecule has 0 aliphatic rings. The van der Waals surface area contributed by atoms with Crippen molar-refractivity contribution in [1.29, 1.82) is 0 Å². The molecule has 1 aromatic rings. The number of aromatic amines is 1. The van der Waals surface area contributed by atoms with Crippen molar-refractivity contribution in [2.75, 3.05) is 5.73 Å². The van der Waals surface area contributed by atoms with Crippen molar-refractivity contribution in [2.24, 2.45) is 0 Å². The van der Waals surface area contributed by atoms with Gasteiger partial charge in [-0.1, -0.05) is 0 Å². The Kier molecular flexibility index (Phi) is 1.84. The van der Waals surface area contributed by atoms with Crippen molar-refractivity contribution in [2.45, 2.75) is 12.8 Å². The zero-order chi connectivity index (χ0) is 7.56. The van der Waals surface area contributed by atoms with Crippen molar-refractivity contribution < 1.29 is 8.78 Å². The standard InChI is InChI=1S/C5H7F2N3/c6-5(7)1-4-3(8)2-9-10-4/h2,5H,1,8H2,(H,9,10). The van der Waals surface area contributed by atoms with E-state index < -0.39 is 6.43 Å². The SMILES string of the molecule is Nc1c[nH]nc1CC(F)F. The number of H-pyrrole nitrogens is 1. The molecule has 0 unspecified atom stereocenters. The van der Waals surface area contributed by atoms with Crippen LogP contribution >= 0.6 is 0 Å². The Hall–Kier alpha value is -1.13. The summed E-state index contributed by atoms with van der Waals surface area (Å²) in [6.45, 7) is 0. The highest BCUT2D eigenvalue weighted by atomic mass is 19.3. The Balaban J connectivity index is 2.65. The van der Waals surface area contributed by atoms with E-state index in [1.807, 2.05) is 0 Å². The van der Waals surface area contributed by atoms with Crippen LogP contribution < -0.4 is 5.73 Å². The molecule has 0 atom stereocenters. The summed E-state index contributed by atoms with van der Waals surface area (Å²) in [5, 5.41) is 5.92. The molecule has 0 aliphatic heterocycles. The van der Waals surface area contributed by atoms with Gasteiger partial charge in [0.15, 0.2) is 0 Å². The number of nitrogens with one attached hydrogen (secondary N) is 1. The van der Waals surface area contributed by atoms with Gasteiger partial charge in [-0.3, -0.25) is 5.10 Å². The van der Waals surface area contributed by atoms with Crippen LogP contribution in [0.25, 0.3) is 0 Å². The number of aromatic nitrogens is 2. The third kappa shape index (κ3) is 1.43. The Morgan fingerprint density at radius 3 is 2.80 bits per heavy atom. The second kappa shape index (κ2) is 2.64. The van der Waals surface area contributed by atoms with Crippen molar-refractivity contribution in [3.8, 4) is 0 Å². The first-order valence-corrected chi connectivity index (χ1v) is 2.76. The molecule has 3 nitrogen and oxygen atoms in total. The van der Waals surface area contributed by atoms with Gasteiger partial charge in [-0.05, 0) is 0 Å². The zero-order valence-corrected chi connectivity index (χ0v) is 5.14. The highest BCUT2D eigenvalue weighted by Gasteiger charge is 2.08. The Morgan fingerprint density at radius 1 is 1.70 bits per heavy atom. The lowest BCUT2D eigenvalue weighted by Crippen LogP contribution is -2.00. The normalized spacial score (nSPS) is 10.7. The van der Waals surface area contributed by atoms with E-state index in [4.69, 9.17) is 5.73 Å². The van der Waals surface area contributed by atoms with Gasteiger partial charge in [-0.2, -0.15) is 5.10 Å². The molecular formula is C5H7F2N3. The zero-order valence-electron chi connectivity index (χ0n) is 5.14. The molecular weight excluding hydrogens is 140 g/mol. The molecule has 0 radical (unpaired) electrons. The first-order valence-electron chi connectivity index (χ1n) is 2.76. The van der Waals surface area contributed by atoms with E-state index in [1.54, 1.807) is 0 Å². The maximum atomic E-state index is 11.7. The minimum Gasteiger partial charge on any atom is -0.396 e. The molecule has 0 saturated heterocycles.